The fourth-order valence-electron chi connectivity index (χ4n) is 3.44. The number of nitrogens with one attached hydrogen (secondary N) is 1. The minimum absolute atomic E-state index is 0.482. The van der Waals surface area contributed by atoms with E-state index in [-0.39, 0.29) is 0 Å². The van der Waals surface area contributed by atoms with Gasteiger partial charge in [-0.3, -0.25) is 0 Å². The Hall–Kier alpha value is -0.0400. The highest BCUT2D eigenvalue weighted by molar-refractivity contribution is 4.89. The molecule has 1 aliphatic carbocycles. The smallest absolute Gasteiger partial charge is 0.00925 e. The molecular formula is C14H29N. The van der Waals surface area contributed by atoms with Gasteiger partial charge >= 0.3 is 0 Å². The largest absolute Gasteiger partial charge is 0.317 e. The summed E-state index contributed by atoms with van der Waals surface area (Å²) in [5, 5.41) is 3.52. The lowest BCUT2D eigenvalue weighted by Crippen LogP contribution is -2.43. The molecule has 0 aromatic carbocycles. The van der Waals surface area contributed by atoms with Gasteiger partial charge in [0.25, 0.3) is 0 Å². The van der Waals surface area contributed by atoms with Crippen molar-refractivity contribution in [3.8, 4) is 0 Å². The second-order valence-corrected chi connectivity index (χ2v) is 6.22. The fourth-order valence-corrected chi connectivity index (χ4v) is 3.44. The van der Waals surface area contributed by atoms with Crippen LogP contribution in [0.4, 0.5) is 0 Å². The second kappa shape index (κ2) is 5.34. The molecule has 0 saturated heterocycles. The standard InChI is InChI=1S/C14H29N/c1-6-13(15-5)11-9-7-8-10-12(11)14(2,3)4/h11-13,15H,6-10H2,1-5H3. The molecule has 0 aromatic heterocycles. The van der Waals surface area contributed by atoms with Crippen LogP contribution in [0.15, 0.2) is 0 Å². The highest BCUT2D eigenvalue weighted by Crippen LogP contribution is 2.43. The van der Waals surface area contributed by atoms with Gasteiger partial charge in [-0.05, 0) is 43.6 Å². The maximum atomic E-state index is 3.52. The summed E-state index contributed by atoms with van der Waals surface area (Å²) in [4.78, 5) is 0. The third kappa shape index (κ3) is 3.21. The van der Waals surface area contributed by atoms with E-state index in [0.29, 0.717) is 5.41 Å². The molecule has 1 fully saturated rings. The molecular weight excluding hydrogens is 182 g/mol. The molecule has 3 unspecified atom stereocenters. The van der Waals surface area contributed by atoms with E-state index < -0.39 is 0 Å². The average molecular weight is 211 g/mol. The van der Waals surface area contributed by atoms with Crippen LogP contribution in [0.1, 0.15) is 59.8 Å². The summed E-state index contributed by atoms with van der Waals surface area (Å²) in [5.41, 5.74) is 0.482. The van der Waals surface area contributed by atoms with Crippen LogP contribution in [0.5, 0.6) is 0 Å². The van der Waals surface area contributed by atoms with E-state index in [4.69, 9.17) is 0 Å². The molecule has 1 saturated carbocycles. The van der Waals surface area contributed by atoms with Crippen molar-refractivity contribution in [2.24, 2.45) is 17.3 Å². The molecule has 3 atom stereocenters. The Morgan fingerprint density at radius 1 is 1.20 bits per heavy atom. The van der Waals surface area contributed by atoms with E-state index in [2.05, 4.69) is 40.1 Å². The van der Waals surface area contributed by atoms with Gasteiger partial charge in [0.05, 0.1) is 0 Å². The van der Waals surface area contributed by atoms with Crippen LogP contribution in [0.25, 0.3) is 0 Å². The van der Waals surface area contributed by atoms with Gasteiger partial charge in [-0.15, -0.1) is 0 Å². The molecule has 0 radical (unpaired) electrons. The molecule has 0 spiro atoms. The van der Waals surface area contributed by atoms with Crippen LogP contribution < -0.4 is 5.32 Å². The van der Waals surface area contributed by atoms with E-state index in [9.17, 15) is 0 Å². The first kappa shape index (κ1) is 13.0. The molecule has 0 amide bonds. The molecule has 0 aromatic rings. The van der Waals surface area contributed by atoms with Gasteiger partial charge < -0.3 is 5.32 Å². The quantitative estimate of drug-likeness (QED) is 0.748. The zero-order chi connectivity index (χ0) is 11.5. The minimum Gasteiger partial charge on any atom is -0.317 e. The average Bonchev–Trinajstić information content (AvgIpc) is 2.19. The first-order valence-corrected chi connectivity index (χ1v) is 6.68. The third-order valence-corrected chi connectivity index (χ3v) is 4.26. The summed E-state index contributed by atoms with van der Waals surface area (Å²) in [7, 11) is 2.13. The van der Waals surface area contributed by atoms with Crippen molar-refractivity contribution in [2.75, 3.05) is 7.05 Å². The van der Waals surface area contributed by atoms with Crippen molar-refractivity contribution in [3.63, 3.8) is 0 Å². The highest BCUT2D eigenvalue weighted by atomic mass is 14.9. The summed E-state index contributed by atoms with van der Waals surface area (Å²) in [6.45, 7) is 9.56. The van der Waals surface area contributed by atoms with Crippen molar-refractivity contribution < 1.29 is 0 Å². The summed E-state index contributed by atoms with van der Waals surface area (Å²) < 4.78 is 0. The second-order valence-electron chi connectivity index (χ2n) is 6.22. The van der Waals surface area contributed by atoms with Crippen molar-refractivity contribution in [2.45, 2.75) is 65.8 Å². The summed E-state index contributed by atoms with van der Waals surface area (Å²) >= 11 is 0. The molecule has 1 heteroatoms. The molecule has 0 aliphatic heterocycles. The van der Waals surface area contributed by atoms with Gasteiger partial charge in [-0.25, -0.2) is 0 Å². The van der Waals surface area contributed by atoms with Gasteiger partial charge in [-0.2, -0.15) is 0 Å². The molecule has 1 aliphatic rings. The van der Waals surface area contributed by atoms with Crippen LogP contribution in [-0.2, 0) is 0 Å². The van der Waals surface area contributed by atoms with E-state index in [1.165, 1.54) is 32.1 Å². The Morgan fingerprint density at radius 2 is 1.80 bits per heavy atom. The van der Waals surface area contributed by atoms with Crippen LogP contribution in [0.2, 0.25) is 0 Å². The lowest BCUT2D eigenvalue weighted by molar-refractivity contribution is 0.0803. The summed E-state index contributed by atoms with van der Waals surface area (Å²) in [6, 6.07) is 0.731. The number of hydrogen-bond acceptors (Lipinski definition) is 1. The predicted molar refractivity (Wildman–Crippen MR) is 68.0 cm³/mol. The Bertz CT molecular complexity index is 176. The van der Waals surface area contributed by atoms with E-state index in [0.717, 1.165) is 17.9 Å². The molecule has 1 N–H and O–H groups in total. The SMILES string of the molecule is CCC(NC)C1CCCCC1C(C)(C)C. The molecule has 1 rings (SSSR count). The van der Waals surface area contributed by atoms with Crippen molar-refractivity contribution >= 4 is 0 Å². The normalized spacial score (nSPS) is 30.2. The third-order valence-electron chi connectivity index (χ3n) is 4.26. The van der Waals surface area contributed by atoms with Gasteiger partial charge in [0, 0.05) is 6.04 Å². The van der Waals surface area contributed by atoms with Crippen molar-refractivity contribution in [1.82, 2.24) is 5.32 Å². The van der Waals surface area contributed by atoms with Crippen LogP contribution in [0.3, 0.4) is 0 Å². The predicted octanol–water partition coefficient (Wildman–Crippen LogP) is 3.84. The van der Waals surface area contributed by atoms with Gasteiger partial charge in [0.15, 0.2) is 0 Å². The van der Waals surface area contributed by atoms with Gasteiger partial charge in [-0.1, -0.05) is 40.5 Å². The van der Waals surface area contributed by atoms with E-state index >= 15 is 0 Å². The number of hydrogen-bond donors (Lipinski definition) is 1. The van der Waals surface area contributed by atoms with Crippen LogP contribution in [0, 0.1) is 17.3 Å². The zero-order valence-electron chi connectivity index (χ0n) is 11.3. The fraction of sp³-hybridized carbons (Fsp3) is 1.00. The lowest BCUT2D eigenvalue weighted by atomic mass is 9.64. The van der Waals surface area contributed by atoms with Gasteiger partial charge in [0.1, 0.15) is 0 Å². The molecule has 15 heavy (non-hydrogen) atoms. The first-order chi connectivity index (χ1) is 7.00. The van der Waals surface area contributed by atoms with Crippen LogP contribution >= 0.6 is 0 Å². The first-order valence-electron chi connectivity index (χ1n) is 6.68. The van der Waals surface area contributed by atoms with Crippen molar-refractivity contribution in [3.05, 3.63) is 0 Å². The molecule has 90 valence electrons. The lowest BCUT2D eigenvalue weighted by Gasteiger charge is -2.44. The van der Waals surface area contributed by atoms with Crippen molar-refractivity contribution in [1.29, 1.82) is 0 Å². The molecule has 0 bridgehead atoms. The summed E-state index contributed by atoms with van der Waals surface area (Å²) in [5.74, 6) is 1.80. The maximum Gasteiger partial charge on any atom is 0.00925 e. The Kier molecular flexibility index (Phi) is 4.64. The van der Waals surface area contributed by atoms with Gasteiger partial charge in [0.2, 0.25) is 0 Å². The molecule has 1 nitrogen and oxygen atoms in total. The Balaban J connectivity index is 2.73. The van der Waals surface area contributed by atoms with E-state index in [1.807, 2.05) is 0 Å². The van der Waals surface area contributed by atoms with E-state index in [1.54, 1.807) is 0 Å². The minimum atomic E-state index is 0.482. The maximum absolute atomic E-state index is 3.52. The Labute approximate surface area is 96.0 Å². The topological polar surface area (TPSA) is 12.0 Å². The zero-order valence-corrected chi connectivity index (χ0v) is 11.3. The van der Waals surface area contributed by atoms with Crippen LogP contribution in [-0.4, -0.2) is 13.1 Å². The highest BCUT2D eigenvalue weighted by Gasteiger charge is 2.36. The monoisotopic (exact) mass is 211 g/mol. The summed E-state index contributed by atoms with van der Waals surface area (Å²) in [6.07, 6.45) is 7.02. The Morgan fingerprint density at radius 3 is 2.27 bits per heavy atom. The number of rotatable bonds is 3. The molecule has 0 heterocycles.